The summed E-state index contributed by atoms with van der Waals surface area (Å²) in [5.74, 6) is -0.498. The third kappa shape index (κ3) is 9.34. The van der Waals surface area contributed by atoms with Crippen LogP contribution in [0.3, 0.4) is 0 Å². The van der Waals surface area contributed by atoms with E-state index >= 15 is 0 Å². The fraction of sp³-hybridized carbons (Fsp3) is 0.381. The zero-order valence-electron chi connectivity index (χ0n) is 17.2. The maximum Gasteiger partial charge on any atom is 0.408 e. The smallest absolute Gasteiger partial charge is 0.408 e. The van der Waals surface area contributed by atoms with Gasteiger partial charge in [0, 0.05) is 0 Å². The SMILES string of the molecule is COC(=O)C(NC(=O)[C@H](CCSC)NC(=O)OC/C=C/c1ccccc1)=C(C)C. The lowest BCUT2D eigenvalue weighted by Gasteiger charge is -2.19. The molecule has 29 heavy (non-hydrogen) atoms. The van der Waals surface area contributed by atoms with Gasteiger partial charge in [0.15, 0.2) is 0 Å². The van der Waals surface area contributed by atoms with Gasteiger partial charge in [0.2, 0.25) is 5.91 Å². The first-order chi connectivity index (χ1) is 13.9. The highest BCUT2D eigenvalue weighted by molar-refractivity contribution is 7.98. The van der Waals surface area contributed by atoms with Crippen LogP contribution in [0.5, 0.6) is 0 Å². The van der Waals surface area contributed by atoms with Crippen molar-refractivity contribution in [2.24, 2.45) is 0 Å². The summed E-state index contributed by atoms with van der Waals surface area (Å²) in [6.45, 7) is 3.44. The van der Waals surface area contributed by atoms with Gasteiger partial charge < -0.3 is 20.1 Å². The van der Waals surface area contributed by atoms with Crippen LogP contribution in [0.2, 0.25) is 0 Å². The molecule has 2 N–H and O–H groups in total. The molecular weight excluding hydrogens is 392 g/mol. The Morgan fingerprint density at radius 3 is 2.45 bits per heavy atom. The number of rotatable bonds is 10. The second kappa shape index (κ2) is 13.4. The van der Waals surface area contributed by atoms with Crippen LogP contribution in [0.15, 0.2) is 47.7 Å². The molecule has 0 bridgehead atoms. The van der Waals surface area contributed by atoms with E-state index in [1.165, 1.54) is 7.11 Å². The molecule has 0 aliphatic carbocycles. The number of ether oxygens (including phenoxy) is 2. The fourth-order valence-electron chi connectivity index (χ4n) is 2.25. The van der Waals surface area contributed by atoms with Crippen molar-refractivity contribution < 1.29 is 23.9 Å². The Labute approximate surface area is 175 Å². The largest absolute Gasteiger partial charge is 0.464 e. The van der Waals surface area contributed by atoms with Crippen LogP contribution in [0.4, 0.5) is 4.79 Å². The fourth-order valence-corrected chi connectivity index (χ4v) is 2.72. The van der Waals surface area contributed by atoms with Crippen molar-refractivity contribution in [1.29, 1.82) is 0 Å². The van der Waals surface area contributed by atoms with Gasteiger partial charge in [-0.15, -0.1) is 0 Å². The molecule has 0 aliphatic heterocycles. The van der Waals surface area contributed by atoms with Gasteiger partial charge >= 0.3 is 12.1 Å². The minimum absolute atomic E-state index is 0.0626. The van der Waals surface area contributed by atoms with Gasteiger partial charge in [0.1, 0.15) is 18.3 Å². The molecule has 158 valence electrons. The summed E-state index contributed by atoms with van der Waals surface area (Å²) in [6.07, 6.45) is 5.13. The molecule has 1 atom stereocenters. The van der Waals surface area contributed by atoms with E-state index in [9.17, 15) is 14.4 Å². The molecule has 1 aromatic rings. The highest BCUT2D eigenvalue weighted by Crippen LogP contribution is 2.06. The third-order valence-corrected chi connectivity index (χ3v) is 4.42. The van der Waals surface area contributed by atoms with Crippen molar-refractivity contribution in [2.75, 3.05) is 25.7 Å². The summed E-state index contributed by atoms with van der Waals surface area (Å²) in [5.41, 5.74) is 1.65. The first-order valence-corrected chi connectivity index (χ1v) is 10.5. The number of benzene rings is 1. The molecule has 0 fully saturated rings. The zero-order chi connectivity index (χ0) is 21.6. The first-order valence-electron chi connectivity index (χ1n) is 9.09. The number of hydrogen-bond donors (Lipinski definition) is 2. The van der Waals surface area contributed by atoms with E-state index < -0.39 is 24.0 Å². The molecule has 0 heterocycles. The minimum atomic E-state index is -0.841. The van der Waals surface area contributed by atoms with Gasteiger partial charge in [0.25, 0.3) is 0 Å². The van der Waals surface area contributed by atoms with Crippen molar-refractivity contribution in [3.8, 4) is 0 Å². The summed E-state index contributed by atoms with van der Waals surface area (Å²) < 4.78 is 9.80. The van der Waals surface area contributed by atoms with Crippen LogP contribution in [0.25, 0.3) is 6.08 Å². The molecule has 7 nitrogen and oxygen atoms in total. The Balaban J connectivity index is 2.65. The van der Waals surface area contributed by atoms with E-state index in [-0.39, 0.29) is 12.3 Å². The quantitative estimate of drug-likeness (QED) is 0.446. The number of amides is 2. The number of nitrogens with one attached hydrogen (secondary N) is 2. The summed E-state index contributed by atoms with van der Waals surface area (Å²) in [4.78, 5) is 36.5. The van der Waals surface area contributed by atoms with Crippen LogP contribution < -0.4 is 10.6 Å². The molecule has 0 saturated carbocycles. The van der Waals surface area contributed by atoms with E-state index in [1.807, 2.05) is 42.7 Å². The third-order valence-electron chi connectivity index (χ3n) is 3.78. The van der Waals surface area contributed by atoms with Gasteiger partial charge in [-0.25, -0.2) is 9.59 Å². The lowest BCUT2D eigenvalue weighted by Crippen LogP contribution is -2.48. The Morgan fingerprint density at radius 2 is 1.86 bits per heavy atom. The highest BCUT2D eigenvalue weighted by Gasteiger charge is 2.24. The van der Waals surface area contributed by atoms with E-state index in [0.29, 0.717) is 17.7 Å². The van der Waals surface area contributed by atoms with Gasteiger partial charge in [0.05, 0.1) is 7.11 Å². The molecular formula is C21H28N2O5S. The second-order valence-electron chi connectivity index (χ2n) is 6.25. The van der Waals surface area contributed by atoms with Crippen molar-refractivity contribution >= 4 is 35.8 Å². The average Bonchev–Trinajstić information content (AvgIpc) is 2.72. The molecule has 0 aliphatic rings. The standard InChI is InChI=1S/C21H28N2O5S/c1-15(2)18(20(25)27-3)23-19(24)17(12-14-29-4)22-21(26)28-13-8-11-16-9-6-5-7-10-16/h5-11,17H,12-14H2,1-4H3,(H,22,26)(H,23,24)/b11-8+/t17-/m0/s1. The van der Waals surface area contributed by atoms with E-state index in [4.69, 9.17) is 4.74 Å². The van der Waals surface area contributed by atoms with E-state index in [2.05, 4.69) is 15.4 Å². The van der Waals surface area contributed by atoms with Crippen LogP contribution in [-0.2, 0) is 19.1 Å². The maximum atomic E-state index is 12.6. The number of carbonyl (C=O) groups is 3. The van der Waals surface area contributed by atoms with Gasteiger partial charge in [-0.1, -0.05) is 36.4 Å². The molecule has 0 unspecified atom stereocenters. The number of thioether (sulfide) groups is 1. The topological polar surface area (TPSA) is 93.7 Å². The Morgan fingerprint density at radius 1 is 1.17 bits per heavy atom. The summed E-state index contributed by atoms with van der Waals surface area (Å²) in [5, 5.41) is 5.10. The highest BCUT2D eigenvalue weighted by atomic mass is 32.2. The summed E-state index contributed by atoms with van der Waals surface area (Å²) in [6, 6.07) is 8.77. The van der Waals surface area contributed by atoms with Crippen molar-refractivity contribution in [3.05, 3.63) is 53.2 Å². The molecule has 1 rings (SSSR count). The Bertz CT molecular complexity index is 743. The molecule has 2 amide bonds. The molecule has 0 radical (unpaired) electrons. The van der Waals surface area contributed by atoms with E-state index in [0.717, 1.165) is 5.56 Å². The number of allylic oxidation sites excluding steroid dienone is 1. The normalized spacial score (nSPS) is 11.4. The van der Waals surface area contributed by atoms with Gasteiger partial charge in [-0.3, -0.25) is 4.79 Å². The zero-order valence-corrected chi connectivity index (χ0v) is 18.0. The van der Waals surface area contributed by atoms with Crippen LogP contribution >= 0.6 is 11.8 Å². The maximum absolute atomic E-state index is 12.6. The van der Waals surface area contributed by atoms with Gasteiger partial charge in [-0.05, 0) is 49.5 Å². The molecule has 1 aromatic carbocycles. The van der Waals surface area contributed by atoms with Crippen LogP contribution in [0.1, 0.15) is 25.8 Å². The second-order valence-corrected chi connectivity index (χ2v) is 7.23. The Kier molecular flexibility index (Phi) is 11.3. The average molecular weight is 421 g/mol. The van der Waals surface area contributed by atoms with E-state index in [1.54, 1.807) is 31.7 Å². The summed E-state index contributed by atoms with van der Waals surface area (Å²) in [7, 11) is 1.24. The van der Waals surface area contributed by atoms with Crippen molar-refractivity contribution in [3.63, 3.8) is 0 Å². The molecule has 8 heteroatoms. The number of carbonyl (C=O) groups excluding carboxylic acids is 3. The van der Waals surface area contributed by atoms with Crippen molar-refractivity contribution in [1.82, 2.24) is 10.6 Å². The lowest BCUT2D eigenvalue weighted by molar-refractivity contribution is -0.138. The van der Waals surface area contributed by atoms with Crippen LogP contribution in [0, 0.1) is 0 Å². The number of methoxy groups -OCH3 is 1. The predicted octanol–water partition coefficient (Wildman–Crippen LogP) is 3.13. The molecule has 0 spiro atoms. The molecule has 0 aromatic heterocycles. The number of hydrogen-bond acceptors (Lipinski definition) is 6. The number of esters is 1. The molecule has 0 saturated heterocycles. The Hall–Kier alpha value is -2.74. The first kappa shape index (κ1) is 24.3. The predicted molar refractivity (Wildman–Crippen MR) is 115 cm³/mol. The van der Waals surface area contributed by atoms with Gasteiger partial charge in [-0.2, -0.15) is 11.8 Å². The summed E-state index contributed by atoms with van der Waals surface area (Å²) >= 11 is 1.54. The lowest BCUT2D eigenvalue weighted by atomic mass is 10.2. The monoisotopic (exact) mass is 420 g/mol. The van der Waals surface area contributed by atoms with Crippen LogP contribution in [-0.4, -0.2) is 49.7 Å². The van der Waals surface area contributed by atoms with Crippen molar-refractivity contribution in [2.45, 2.75) is 26.3 Å². The number of alkyl carbamates (subject to hydrolysis) is 1. The minimum Gasteiger partial charge on any atom is -0.464 e.